The molecule has 2 aromatic carbocycles. The van der Waals surface area contributed by atoms with Crippen LogP contribution in [0.2, 0.25) is 0 Å². The second-order valence-electron chi connectivity index (χ2n) is 6.08. The van der Waals surface area contributed by atoms with Crippen molar-refractivity contribution in [1.29, 1.82) is 0 Å². The summed E-state index contributed by atoms with van der Waals surface area (Å²) in [5.41, 5.74) is 6.48. The second-order valence-corrected chi connectivity index (χ2v) is 7.15. The Hall–Kier alpha value is -1.21. The third kappa shape index (κ3) is 1.22. The Bertz CT molecular complexity index is 557. The van der Waals surface area contributed by atoms with Crippen molar-refractivity contribution in [1.82, 2.24) is 0 Å². The van der Waals surface area contributed by atoms with Crippen LogP contribution in [0.4, 0.5) is 0 Å². The quantitative estimate of drug-likeness (QED) is 0.685. The Morgan fingerprint density at radius 2 is 1.00 bits per heavy atom. The van der Waals surface area contributed by atoms with E-state index in [1.165, 1.54) is 11.5 Å². The number of hydrogen-bond donors (Lipinski definition) is 0. The molecule has 4 aliphatic rings. The minimum Gasteiger partial charge on any atom is -0.161 e. The van der Waals surface area contributed by atoms with Crippen LogP contribution in [0.5, 0.6) is 0 Å². The molecule has 19 heavy (non-hydrogen) atoms. The van der Waals surface area contributed by atoms with Gasteiger partial charge in [-0.1, -0.05) is 48.5 Å². The Morgan fingerprint density at radius 1 is 0.632 bits per heavy atom. The van der Waals surface area contributed by atoms with Crippen molar-refractivity contribution in [3.8, 4) is 0 Å². The van der Waals surface area contributed by atoms with Gasteiger partial charge in [-0.2, -0.15) is 11.8 Å². The molecule has 1 fully saturated rings. The molecular weight excluding hydrogens is 248 g/mol. The Kier molecular flexibility index (Phi) is 2.04. The summed E-state index contributed by atoms with van der Waals surface area (Å²) in [6.45, 7) is 0. The molecule has 0 saturated carbocycles. The van der Waals surface area contributed by atoms with Crippen molar-refractivity contribution in [3.63, 3.8) is 0 Å². The molecule has 0 aromatic heterocycles. The Balaban J connectivity index is 1.85. The third-order valence-corrected chi connectivity index (χ3v) is 6.60. The van der Waals surface area contributed by atoms with Gasteiger partial charge in [-0.3, -0.25) is 0 Å². The number of hydrogen-bond acceptors (Lipinski definition) is 1. The SMILES string of the molecule is c1ccc2c(c1)C1c3ccccc3C2C2CSCC12. The third-order valence-electron chi connectivity index (χ3n) is 5.36. The molecule has 2 atom stereocenters. The summed E-state index contributed by atoms with van der Waals surface area (Å²) in [7, 11) is 0. The molecule has 2 bridgehead atoms. The fourth-order valence-corrected chi connectivity index (χ4v) is 6.25. The summed E-state index contributed by atoms with van der Waals surface area (Å²) in [5.74, 6) is 5.79. The molecule has 1 heterocycles. The fraction of sp³-hybridized carbons (Fsp3) is 0.333. The minimum absolute atomic E-state index is 0.664. The van der Waals surface area contributed by atoms with Crippen molar-refractivity contribution in [2.45, 2.75) is 11.8 Å². The van der Waals surface area contributed by atoms with Gasteiger partial charge in [0.2, 0.25) is 0 Å². The molecule has 1 heteroatoms. The number of thioether (sulfide) groups is 1. The Labute approximate surface area is 118 Å². The van der Waals surface area contributed by atoms with E-state index in [1.807, 2.05) is 0 Å². The molecule has 2 aromatic rings. The van der Waals surface area contributed by atoms with Crippen molar-refractivity contribution in [2.75, 3.05) is 11.5 Å². The average Bonchev–Trinajstić information content (AvgIpc) is 2.96. The van der Waals surface area contributed by atoms with Crippen LogP contribution in [0.25, 0.3) is 0 Å². The lowest BCUT2D eigenvalue weighted by Gasteiger charge is -2.48. The zero-order valence-electron chi connectivity index (χ0n) is 10.8. The van der Waals surface area contributed by atoms with Crippen molar-refractivity contribution in [3.05, 3.63) is 70.8 Å². The van der Waals surface area contributed by atoms with Crippen LogP contribution in [-0.2, 0) is 0 Å². The molecule has 0 N–H and O–H groups in total. The minimum atomic E-state index is 0.664. The first-order valence-electron chi connectivity index (χ1n) is 7.20. The van der Waals surface area contributed by atoms with Crippen LogP contribution in [-0.4, -0.2) is 11.5 Å². The predicted molar refractivity (Wildman–Crippen MR) is 80.9 cm³/mol. The van der Waals surface area contributed by atoms with Crippen molar-refractivity contribution >= 4 is 11.8 Å². The van der Waals surface area contributed by atoms with Gasteiger partial charge in [0.05, 0.1) is 0 Å². The van der Waals surface area contributed by atoms with Crippen LogP contribution in [0.3, 0.4) is 0 Å². The predicted octanol–water partition coefficient (Wildman–Crippen LogP) is 4.26. The zero-order chi connectivity index (χ0) is 12.4. The van der Waals surface area contributed by atoms with Gasteiger partial charge in [0.1, 0.15) is 0 Å². The lowest BCUT2D eigenvalue weighted by atomic mass is 9.55. The second kappa shape index (κ2) is 3.67. The summed E-state index contributed by atoms with van der Waals surface area (Å²) < 4.78 is 0. The molecular formula is C18H16S. The molecule has 1 aliphatic heterocycles. The highest BCUT2D eigenvalue weighted by Crippen LogP contribution is 2.61. The van der Waals surface area contributed by atoms with Crippen molar-refractivity contribution < 1.29 is 0 Å². The van der Waals surface area contributed by atoms with Crippen LogP contribution < -0.4 is 0 Å². The van der Waals surface area contributed by atoms with E-state index < -0.39 is 0 Å². The van der Waals surface area contributed by atoms with Gasteiger partial charge in [-0.25, -0.2) is 0 Å². The topological polar surface area (TPSA) is 0 Å². The van der Waals surface area contributed by atoms with Gasteiger partial charge in [-0.05, 0) is 45.6 Å². The van der Waals surface area contributed by atoms with E-state index in [0.29, 0.717) is 11.8 Å². The van der Waals surface area contributed by atoms with E-state index in [0.717, 1.165) is 11.8 Å². The van der Waals surface area contributed by atoms with Gasteiger partial charge in [-0.15, -0.1) is 0 Å². The van der Waals surface area contributed by atoms with Gasteiger partial charge >= 0.3 is 0 Å². The van der Waals surface area contributed by atoms with E-state index in [2.05, 4.69) is 60.3 Å². The van der Waals surface area contributed by atoms with E-state index >= 15 is 0 Å². The van der Waals surface area contributed by atoms with E-state index in [9.17, 15) is 0 Å². The van der Waals surface area contributed by atoms with Crippen LogP contribution in [0.15, 0.2) is 48.5 Å². The first kappa shape index (κ1) is 10.6. The van der Waals surface area contributed by atoms with Gasteiger partial charge in [0.25, 0.3) is 0 Å². The van der Waals surface area contributed by atoms with Crippen LogP contribution >= 0.6 is 11.8 Å². The lowest BCUT2D eigenvalue weighted by molar-refractivity contribution is 0.294. The number of rotatable bonds is 0. The molecule has 0 amide bonds. The molecule has 3 aliphatic carbocycles. The summed E-state index contributed by atoms with van der Waals surface area (Å²) in [4.78, 5) is 0. The maximum atomic E-state index is 2.38. The summed E-state index contributed by atoms with van der Waals surface area (Å²) in [5, 5.41) is 0. The molecule has 6 rings (SSSR count). The summed E-state index contributed by atoms with van der Waals surface area (Å²) in [6.07, 6.45) is 0. The zero-order valence-corrected chi connectivity index (χ0v) is 11.6. The van der Waals surface area contributed by atoms with Gasteiger partial charge in [0, 0.05) is 11.8 Å². The maximum Gasteiger partial charge on any atom is 0.0135 e. The first-order valence-corrected chi connectivity index (χ1v) is 8.36. The Morgan fingerprint density at radius 3 is 1.37 bits per heavy atom. The van der Waals surface area contributed by atoms with Crippen molar-refractivity contribution in [2.24, 2.45) is 11.8 Å². The molecule has 94 valence electrons. The maximum absolute atomic E-state index is 2.38. The standard InChI is InChI=1S/C18H16S/c1-2-6-12-11(5-1)17-13-7-3-4-8-14(13)18(12)16-10-19-9-15(16)17/h1-8,15-18H,9-10H2. The van der Waals surface area contributed by atoms with E-state index in [4.69, 9.17) is 0 Å². The largest absolute Gasteiger partial charge is 0.161 e. The molecule has 0 nitrogen and oxygen atoms in total. The van der Waals surface area contributed by atoms with Crippen LogP contribution in [0, 0.1) is 11.8 Å². The highest BCUT2D eigenvalue weighted by Gasteiger charge is 2.51. The van der Waals surface area contributed by atoms with E-state index in [1.54, 1.807) is 22.3 Å². The molecule has 0 spiro atoms. The highest BCUT2D eigenvalue weighted by molar-refractivity contribution is 7.99. The average molecular weight is 264 g/mol. The summed E-state index contributed by atoms with van der Waals surface area (Å²) >= 11 is 2.17. The molecule has 2 unspecified atom stereocenters. The fourth-order valence-electron chi connectivity index (χ4n) is 4.69. The first-order chi connectivity index (χ1) is 9.45. The molecule has 1 saturated heterocycles. The monoisotopic (exact) mass is 264 g/mol. The highest BCUT2D eigenvalue weighted by atomic mass is 32.2. The summed E-state index contributed by atoms with van der Waals surface area (Å²) in [6, 6.07) is 18.4. The van der Waals surface area contributed by atoms with E-state index in [-0.39, 0.29) is 0 Å². The lowest BCUT2D eigenvalue weighted by Crippen LogP contribution is -2.39. The van der Waals surface area contributed by atoms with Gasteiger partial charge < -0.3 is 0 Å². The normalized spacial score (nSPS) is 33.7. The smallest absolute Gasteiger partial charge is 0.0135 e. The molecule has 0 radical (unpaired) electrons. The number of benzene rings is 2. The van der Waals surface area contributed by atoms with Crippen LogP contribution in [0.1, 0.15) is 34.1 Å². The van der Waals surface area contributed by atoms with Gasteiger partial charge in [0.15, 0.2) is 0 Å².